The molecule has 1 N–H and O–H groups in total. The maximum atomic E-state index is 12.6. The lowest BCUT2D eigenvalue weighted by Crippen LogP contribution is -2.51. The van der Waals surface area contributed by atoms with Gasteiger partial charge in [-0.25, -0.2) is 0 Å². The van der Waals surface area contributed by atoms with Gasteiger partial charge in [-0.2, -0.15) is 13.2 Å². The van der Waals surface area contributed by atoms with Crippen LogP contribution in [0.3, 0.4) is 0 Å². The molecule has 1 aromatic rings. The van der Waals surface area contributed by atoms with Crippen LogP contribution in [0, 0.1) is 0 Å². The number of alkyl halides is 3. The van der Waals surface area contributed by atoms with E-state index in [1.165, 1.54) is 20.9 Å². The van der Waals surface area contributed by atoms with E-state index in [2.05, 4.69) is 5.16 Å². The van der Waals surface area contributed by atoms with Crippen molar-refractivity contribution in [2.75, 3.05) is 13.7 Å². The van der Waals surface area contributed by atoms with Gasteiger partial charge in [0.15, 0.2) is 5.78 Å². The molecule has 0 aliphatic carbocycles. The summed E-state index contributed by atoms with van der Waals surface area (Å²) in [6, 6.07) is 1.55. The highest BCUT2D eigenvalue weighted by Gasteiger charge is 2.37. The highest BCUT2D eigenvalue weighted by Crippen LogP contribution is 2.25. The van der Waals surface area contributed by atoms with Crippen LogP contribution in [0.1, 0.15) is 52.0 Å². The Balaban J connectivity index is 2.80. The molecule has 0 saturated heterocycles. The third-order valence-corrected chi connectivity index (χ3v) is 4.50. The van der Waals surface area contributed by atoms with Gasteiger partial charge in [-0.3, -0.25) is 9.59 Å². The zero-order valence-corrected chi connectivity index (χ0v) is 15.6. The first-order chi connectivity index (χ1) is 11.7. The fourth-order valence-corrected chi connectivity index (χ4v) is 2.09. The lowest BCUT2D eigenvalue weighted by molar-refractivity contribution is -0.153. The number of aliphatic hydroxyl groups is 1. The Hall–Kier alpha value is -1.90. The maximum absolute atomic E-state index is 12.6. The minimum atomic E-state index is -4.43. The summed E-state index contributed by atoms with van der Waals surface area (Å²) in [5.74, 6) is -0.902. The van der Waals surface area contributed by atoms with Crippen molar-refractivity contribution in [3.8, 4) is 0 Å². The molecule has 0 aromatic carbocycles. The molecule has 0 fully saturated rings. The van der Waals surface area contributed by atoms with Crippen LogP contribution in [0.5, 0.6) is 0 Å². The van der Waals surface area contributed by atoms with Gasteiger partial charge in [0.1, 0.15) is 5.76 Å². The second-order valence-corrected chi connectivity index (χ2v) is 7.45. The zero-order chi connectivity index (χ0) is 20.3. The fourth-order valence-electron chi connectivity index (χ4n) is 2.09. The second kappa shape index (κ2) is 7.77. The molecule has 148 valence electrons. The van der Waals surface area contributed by atoms with Crippen molar-refractivity contribution < 1.29 is 32.4 Å². The molecule has 1 heterocycles. The van der Waals surface area contributed by atoms with E-state index >= 15 is 0 Å². The van der Waals surface area contributed by atoms with E-state index in [1.54, 1.807) is 19.9 Å². The monoisotopic (exact) mass is 378 g/mol. The Morgan fingerprint density at radius 2 is 1.81 bits per heavy atom. The van der Waals surface area contributed by atoms with Crippen LogP contribution in [0.2, 0.25) is 0 Å². The third-order valence-electron chi connectivity index (χ3n) is 4.50. The number of nitrogens with zero attached hydrogens (tertiary/aromatic N) is 2. The van der Waals surface area contributed by atoms with Crippen LogP contribution in [0.25, 0.3) is 0 Å². The van der Waals surface area contributed by atoms with Gasteiger partial charge in [0.2, 0.25) is 5.91 Å². The first-order valence-electron chi connectivity index (χ1n) is 8.14. The fraction of sp³-hybridized carbons (Fsp3) is 0.706. The summed E-state index contributed by atoms with van der Waals surface area (Å²) in [7, 11) is 1.30. The van der Waals surface area contributed by atoms with Gasteiger partial charge in [0.05, 0.1) is 30.7 Å². The summed E-state index contributed by atoms with van der Waals surface area (Å²) in [5, 5.41) is 13.2. The highest BCUT2D eigenvalue weighted by atomic mass is 19.4. The largest absolute Gasteiger partial charge is 0.395 e. The molecule has 0 aliphatic rings. The van der Waals surface area contributed by atoms with Crippen molar-refractivity contribution >= 4 is 11.7 Å². The third kappa shape index (κ3) is 5.55. The maximum Gasteiger partial charge on any atom is 0.389 e. The number of ketones is 1. The number of carbonyl (C=O) groups is 2. The topological polar surface area (TPSA) is 83.6 Å². The van der Waals surface area contributed by atoms with Gasteiger partial charge in [0.25, 0.3) is 0 Å². The molecule has 0 spiro atoms. The molecule has 0 unspecified atom stereocenters. The Bertz CT molecular complexity index is 651. The van der Waals surface area contributed by atoms with Crippen LogP contribution in [0.4, 0.5) is 13.2 Å². The van der Waals surface area contributed by atoms with Crippen LogP contribution >= 0.6 is 0 Å². The number of halogens is 3. The molecule has 6 nitrogen and oxygen atoms in total. The summed E-state index contributed by atoms with van der Waals surface area (Å²) in [5.41, 5.74) is -1.46. The Morgan fingerprint density at radius 1 is 1.23 bits per heavy atom. The molecule has 26 heavy (non-hydrogen) atoms. The van der Waals surface area contributed by atoms with Crippen molar-refractivity contribution in [2.24, 2.45) is 0 Å². The normalized spacial score (nSPS) is 13.0. The van der Waals surface area contributed by atoms with E-state index in [4.69, 9.17) is 4.52 Å². The minimum absolute atomic E-state index is 0.158. The van der Waals surface area contributed by atoms with Crippen LogP contribution in [-0.4, -0.2) is 52.2 Å². The second-order valence-electron chi connectivity index (χ2n) is 7.45. The standard InChI is InChI=1S/C17H25F3N2O4/c1-15(2,10-23)12-8-11(26-21-12)9-13(24)16(3,4)22(5)14(25)6-7-17(18,19)20/h8,23H,6-7,9-10H2,1-5H3. The minimum Gasteiger partial charge on any atom is -0.395 e. The Labute approximate surface area is 150 Å². The highest BCUT2D eigenvalue weighted by molar-refractivity contribution is 5.93. The Morgan fingerprint density at radius 3 is 2.31 bits per heavy atom. The number of Topliss-reactive ketones (excluding diaryl/α,β-unsaturated/α-hetero) is 1. The molecule has 0 saturated carbocycles. The molecule has 1 aromatic heterocycles. The number of rotatable bonds is 8. The Kier molecular flexibility index (Phi) is 6.62. The van der Waals surface area contributed by atoms with Crippen LogP contribution in [0.15, 0.2) is 10.6 Å². The van der Waals surface area contributed by atoms with Gasteiger partial charge in [0, 0.05) is 24.9 Å². The number of likely N-dealkylation sites (N-methyl/N-ethyl adjacent to an activating group) is 1. The van der Waals surface area contributed by atoms with E-state index in [-0.39, 0.29) is 18.8 Å². The molecule has 0 radical (unpaired) electrons. The van der Waals surface area contributed by atoms with E-state index in [1.807, 2.05) is 0 Å². The smallest absolute Gasteiger partial charge is 0.389 e. The van der Waals surface area contributed by atoms with Gasteiger partial charge in [-0.15, -0.1) is 0 Å². The molecular weight excluding hydrogens is 353 g/mol. The number of amides is 1. The quantitative estimate of drug-likeness (QED) is 0.752. The predicted octanol–water partition coefficient (Wildman–Crippen LogP) is 2.64. The predicted molar refractivity (Wildman–Crippen MR) is 87.5 cm³/mol. The molecular formula is C17H25F3N2O4. The zero-order valence-electron chi connectivity index (χ0n) is 15.6. The number of aromatic nitrogens is 1. The van der Waals surface area contributed by atoms with Gasteiger partial charge >= 0.3 is 6.18 Å². The average molecular weight is 378 g/mol. The van der Waals surface area contributed by atoms with Crippen molar-refractivity contribution in [2.45, 2.75) is 64.1 Å². The number of aliphatic hydroxyl groups excluding tert-OH is 1. The van der Waals surface area contributed by atoms with Crippen molar-refractivity contribution in [3.63, 3.8) is 0 Å². The van der Waals surface area contributed by atoms with Gasteiger partial charge in [-0.05, 0) is 13.8 Å². The van der Waals surface area contributed by atoms with Crippen molar-refractivity contribution in [3.05, 3.63) is 17.5 Å². The van der Waals surface area contributed by atoms with Gasteiger partial charge < -0.3 is 14.5 Å². The first kappa shape index (κ1) is 22.1. The van der Waals surface area contributed by atoms with Crippen LogP contribution in [-0.2, 0) is 21.4 Å². The summed E-state index contributed by atoms with van der Waals surface area (Å²) in [6.45, 7) is 6.29. The van der Waals surface area contributed by atoms with E-state index in [9.17, 15) is 27.9 Å². The molecule has 9 heteroatoms. The van der Waals surface area contributed by atoms with Crippen molar-refractivity contribution in [1.29, 1.82) is 0 Å². The van der Waals surface area contributed by atoms with Crippen LogP contribution < -0.4 is 0 Å². The van der Waals surface area contributed by atoms with E-state index in [0.29, 0.717) is 5.69 Å². The first-order valence-corrected chi connectivity index (χ1v) is 8.14. The van der Waals surface area contributed by atoms with Crippen molar-refractivity contribution in [1.82, 2.24) is 10.1 Å². The van der Waals surface area contributed by atoms with E-state index < -0.39 is 41.7 Å². The van der Waals surface area contributed by atoms with Gasteiger partial charge in [-0.1, -0.05) is 19.0 Å². The summed E-state index contributed by atoms with van der Waals surface area (Å²) >= 11 is 0. The SMILES string of the molecule is CN(C(=O)CCC(F)(F)F)C(C)(C)C(=O)Cc1cc(C(C)(C)CO)no1. The molecule has 1 rings (SSSR count). The summed E-state index contributed by atoms with van der Waals surface area (Å²) in [4.78, 5) is 25.6. The summed E-state index contributed by atoms with van der Waals surface area (Å²) in [6.07, 6.45) is -6.55. The molecule has 1 amide bonds. The summed E-state index contributed by atoms with van der Waals surface area (Å²) < 4.78 is 41.9. The number of hydrogen-bond acceptors (Lipinski definition) is 5. The lowest BCUT2D eigenvalue weighted by atomic mass is 9.89. The lowest BCUT2D eigenvalue weighted by Gasteiger charge is -2.34. The average Bonchev–Trinajstić information content (AvgIpc) is 3.00. The molecule has 0 atom stereocenters. The number of hydrogen-bond donors (Lipinski definition) is 1. The molecule has 0 bridgehead atoms. The molecule has 0 aliphatic heterocycles. The number of carbonyl (C=O) groups excluding carboxylic acids is 2. The van der Waals surface area contributed by atoms with E-state index in [0.717, 1.165) is 4.90 Å².